The molecule has 0 saturated carbocycles. The minimum Gasteiger partial charge on any atom is -0.462 e. The predicted octanol–water partition coefficient (Wildman–Crippen LogP) is 2.28. The smallest absolute Gasteiger partial charge is 0.344 e. The first-order valence-corrected chi connectivity index (χ1v) is 5.70. The van der Waals surface area contributed by atoms with Crippen LogP contribution in [0.1, 0.15) is 23.0 Å². The molecule has 2 aromatic rings. The number of ether oxygens (including phenoxy) is 1. The van der Waals surface area contributed by atoms with E-state index >= 15 is 0 Å². The summed E-state index contributed by atoms with van der Waals surface area (Å²) in [6.45, 7) is 3.75. The molecule has 0 N–H and O–H groups in total. The van der Waals surface area contributed by atoms with Gasteiger partial charge < -0.3 is 9.26 Å². The number of esters is 1. The van der Waals surface area contributed by atoms with Crippen LogP contribution in [-0.2, 0) is 4.74 Å². The molecule has 0 fully saturated rings. The molecule has 0 bridgehead atoms. The van der Waals surface area contributed by atoms with E-state index in [0.29, 0.717) is 29.3 Å². The van der Waals surface area contributed by atoms with Gasteiger partial charge in [0.05, 0.1) is 12.1 Å². The number of aromatic nitrogens is 2. The Balaban J connectivity index is 2.44. The van der Waals surface area contributed by atoms with Crippen molar-refractivity contribution in [2.24, 2.45) is 0 Å². The van der Waals surface area contributed by atoms with Crippen LogP contribution in [0, 0.1) is 6.92 Å². The van der Waals surface area contributed by atoms with Gasteiger partial charge in [-0.05, 0) is 13.8 Å². The van der Waals surface area contributed by atoms with Crippen LogP contribution in [0.2, 0.25) is 0 Å². The van der Waals surface area contributed by atoms with Gasteiger partial charge in [-0.3, -0.25) is 0 Å². The van der Waals surface area contributed by atoms with E-state index in [0.717, 1.165) is 0 Å². The van der Waals surface area contributed by atoms with E-state index in [4.69, 9.17) is 9.26 Å². The largest absolute Gasteiger partial charge is 0.462 e. The Bertz CT molecular complexity index is 490. The van der Waals surface area contributed by atoms with Crippen molar-refractivity contribution in [2.75, 3.05) is 6.61 Å². The van der Waals surface area contributed by atoms with Crippen molar-refractivity contribution in [3.8, 4) is 11.4 Å². The highest BCUT2D eigenvalue weighted by molar-refractivity contribution is 7.07. The van der Waals surface area contributed by atoms with Crippen LogP contribution < -0.4 is 0 Å². The quantitative estimate of drug-likeness (QED) is 0.767. The van der Waals surface area contributed by atoms with Crippen molar-refractivity contribution in [3.63, 3.8) is 0 Å². The maximum Gasteiger partial charge on any atom is 0.344 e. The first-order valence-electron chi connectivity index (χ1n) is 4.76. The average Bonchev–Trinajstić information content (AvgIpc) is 2.86. The van der Waals surface area contributed by atoms with Crippen molar-refractivity contribution < 1.29 is 14.1 Å². The zero-order valence-electron chi connectivity index (χ0n) is 8.89. The van der Waals surface area contributed by atoms with E-state index in [1.54, 1.807) is 24.7 Å². The van der Waals surface area contributed by atoms with Gasteiger partial charge in [-0.1, -0.05) is 5.16 Å². The van der Waals surface area contributed by atoms with Gasteiger partial charge in [-0.25, -0.2) is 9.78 Å². The third-order valence-electron chi connectivity index (χ3n) is 2.02. The Kier molecular flexibility index (Phi) is 3.00. The third kappa shape index (κ3) is 1.83. The molecule has 0 radical (unpaired) electrons. The Labute approximate surface area is 96.0 Å². The van der Waals surface area contributed by atoms with Gasteiger partial charge in [0.25, 0.3) is 0 Å². The number of hydrogen-bond donors (Lipinski definition) is 0. The van der Waals surface area contributed by atoms with E-state index in [9.17, 15) is 4.79 Å². The third-order valence-corrected chi connectivity index (χ3v) is 2.60. The SMILES string of the molecule is CCOC(=O)c1c(-c2cscn2)noc1C. The Hall–Kier alpha value is -1.69. The Morgan fingerprint density at radius 1 is 1.62 bits per heavy atom. The van der Waals surface area contributed by atoms with Gasteiger partial charge in [-0.15, -0.1) is 11.3 Å². The molecule has 0 atom stereocenters. The summed E-state index contributed by atoms with van der Waals surface area (Å²) in [7, 11) is 0. The van der Waals surface area contributed by atoms with Crippen molar-refractivity contribution >= 4 is 17.3 Å². The summed E-state index contributed by atoms with van der Waals surface area (Å²) in [5, 5.41) is 5.64. The van der Waals surface area contributed by atoms with Gasteiger partial charge in [0.1, 0.15) is 22.7 Å². The molecule has 0 unspecified atom stereocenters. The van der Waals surface area contributed by atoms with Crippen LogP contribution in [0.4, 0.5) is 0 Å². The predicted molar refractivity (Wildman–Crippen MR) is 58.3 cm³/mol. The highest BCUT2D eigenvalue weighted by atomic mass is 32.1. The number of carbonyl (C=O) groups excluding carboxylic acids is 1. The monoisotopic (exact) mass is 238 g/mol. The molecule has 0 aliphatic rings. The fraction of sp³-hybridized carbons (Fsp3) is 0.300. The molecule has 5 nitrogen and oxygen atoms in total. The van der Waals surface area contributed by atoms with Crippen LogP contribution in [-0.4, -0.2) is 22.7 Å². The number of rotatable bonds is 3. The summed E-state index contributed by atoms with van der Waals surface area (Å²) >= 11 is 1.43. The highest BCUT2D eigenvalue weighted by Crippen LogP contribution is 2.25. The van der Waals surface area contributed by atoms with Crippen molar-refractivity contribution in [1.29, 1.82) is 0 Å². The first-order chi connectivity index (χ1) is 7.74. The van der Waals surface area contributed by atoms with E-state index in [1.807, 2.05) is 0 Å². The van der Waals surface area contributed by atoms with E-state index in [-0.39, 0.29) is 0 Å². The standard InChI is InChI=1S/C10H10N2O3S/c1-3-14-10(13)8-6(2)15-12-9(8)7-4-16-5-11-7/h4-5H,3H2,1-2H3. The van der Waals surface area contributed by atoms with Gasteiger partial charge in [-0.2, -0.15) is 0 Å². The van der Waals surface area contributed by atoms with Gasteiger partial charge >= 0.3 is 5.97 Å². The lowest BCUT2D eigenvalue weighted by Gasteiger charge is -2.00. The van der Waals surface area contributed by atoms with Crippen LogP contribution in [0.25, 0.3) is 11.4 Å². The van der Waals surface area contributed by atoms with Gasteiger partial charge in [0.15, 0.2) is 0 Å². The number of carbonyl (C=O) groups is 1. The zero-order valence-corrected chi connectivity index (χ0v) is 9.71. The molecule has 0 aliphatic heterocycles. The van der Waals surface area contributed by atoms with Crippen LogP contribution in [0.15, 0.2) is 15.4 Å². The average molecular weight is 238 g/mol. The fourth-order valence-electron chi connectivity index (χ4n) is 1.32. The first kappa shape index (κ1) is 10.8. The lowest BCUT2D eigenvalue weighted by Crippen LogP contribution is -2.06. The molecule has 16 heavy (non-hydrogen) atoms. The number of hydrogen-bond acceptors (Lipinski definition) is 6. The molecule has 0 spiro atoms. The maximum absolute atomic E-state index is 11.7. The van der Waals surface area contributed by atoms with Crippen molar-refractivity contribution in [2.45, 2.75) is 13.8 Å². The maximum atomic E-state index is 11.7. The molecule has 0 aliphatic carbocycles. The van der Waals surface area contributed by atoms with Crippen LogP contribution in [0.5, 0.6) is 0 Å². The number of thiazole rings is 1. The van der Waals surface area contributed by atoms with Crippen molar-refractivity contribution in [3.05, 3.63) is 22.2 Å². The van der Waals surface area contributed by atoms with E-state index < -0.39 is 5.97 Å². The Morgan fingerprint density at radius 2 is 2.44 bits per heavy atom. The van der Waals surface area contributed by atoms with Gasteiger partial charge in [0.2, 0.25) is 0 Å². The minimum atomic E-state index is -0.427. The molecular weight excluding hydrogens is 228 g/mol. The molecule has 2 rings (SSSR count). The van der Waals surface area contributed by atoms with Crippen LogP contribution >= 0.6 is 11.3 Å². The number of nitrogens with zero attached hydrogens (tertiary/aromatic N) is 2. The van der Waals surface area contributed by atoms with Gasteiger partial charge in [0, 0.05) is 5.38 Å². The highest BCUT2D eigenvalue weighted by Gasteiger charge is 2.23. The molecule has 6 heteroatoms. The second-order valence-electron chi connectivity index (χ2n) is 3.06. The van der Waals surface area contributed by atoms with E-state index in [2.05, 4.69) is 10.1 Å². The molecule has 0 amide bonds. The molecular formula is C10H10N2O3S. The summed E-state index contributed by atoms with van der Waals surface area (Å²) in [5.41, 5.74) is 3.10. The summed E-state index contributed by atoms with van der Waals surface area (Å²) in [6, 6.07) is 0. The fourth-order valence-corrected chi connectivity index (χ4v) is 1.86. The minimum absolute atomic E-state index is 0.319. The molecule has 0 aromatic carbocycles. The lowest BCUT2D eigenvalue weighted by molar-refractivity contribution is 0.0525. The number of aryl methyl sites for hydroxylation is 1. The molecule has 0 saturated heterocycles. The summed E-state index contributed by atoms with van der Waals surface area (Å²) in [6.07, 6.45) is 0. The summed E-state index contributed by atoms with van der Waals surface area (Å²) in [4.78, 5) is 15.8. The normalized spacial score (nSPS) is 10.4. The molecule has 2 aromatic heterocycles. The Morgan fingerprint density at radius 3 is 3.06 bits per heavy atom. The molecule has 84 valence electrons. The van der Waals surface area contributed by atoms with Crippen molar-refractivity contribution in [1.82, 2.24) is 10.1 Å². The zero-order chi connectivity index (χ0) is 11.5. The second kappa shape index (κ2) is 4.44. The second-order valence-corrected chi connectivity index (χ2v) is 3.78. The summed E-state index contributed by atoms with van der Waals surface area (Å²) < 4.78 is 9.94. The van der Waals surface area contributed by atoms with E-state index in [1.165, 1.54) is 11.3 Å². The lowest BCUT2D eigenvalue weighted by atomic mass is 10.1. The van der Waals surface area contributed by atoms with Crippen LogP contribution in [0.3, 0.4) is 0 Å². The summed E-state index contributed by atoms with van der Waals surface area (Å²) in [5.74, 6) is 0.0192. The molecule has 2 heterocycles. The topological polar surface area (TPSA) is 65.2 Å².